The van der Waals surface area contributed by atoms with Gasteiger partial charge in [0.15, 0.2) is 0 Å². The van der Waals surface area contributed by atoms with Crippen molar-refractivity contribution < 1.29 is 12.8 Å². The van der Waals surface area contributed by atoms with Gasteiger partial charge in [-0.1, -0.05) is 6.92 Å². The van der Waals surface area contributed by atoms with Crippen molar-refractivity contribution in [3.05, 3.63) is 24.2 Å². The summed E-state index contributed by atoms with van der Waals surface area (Å²) in [6.45, 7) is 5.43. The van der Waals surface area contributed by atoms with Crippen LogP contribution in [0.4, 0.5) is 0 Å². The third-order valence-electron chi connectivity index (χ3n) is 2.48. The van der Waals surface area contributed by atoms with Gasteiger partial charge in [-0.25, -0.2) is 13.1 Å². The zero-order valence-corrected chi connectivity index (χ0v) is 11.8. The zero-order valence-electron chi connectivity index (χ0n) is 11.0. The second-order valence-electron chi connectivity index (χ2n) is 4.33. The molecule has 0 bridgehead atoms. The third kappa shape index (κ3) is 6.18. The van der Waals surface area contributed by atoms with Crippen LogP contribution in [0.2, 0.25) is 0 Å². The van der Waals surface area contributed by atoms with E-state index in [1.54, 1.807) is 12.3 Å². The molecule has 0 spiro atoms. The van der Waals surface area contributed by atoms with Gasteiger partial charge < -0.3 is 9.73 Å². The molecule has 6 heteroatoms. The second-order valence-corrected chi connectivity index (χ2v) is 6.20. The number of hydrogen-bond donors (Lipinski definition) is 2. The third-order valence-corrected chi connectivity index (χ3v) is 4.07. The van der Waals surface area contributed by atoms with Crippen molar-refractivity contribution in [2.24, 2.45) is 0 Å². The van der Waals surface area contributed by atoms with Crippen LogP contribution in [0.25, 0.3) is 0 Å². The van der Waals surface area contributed by atoms with Crippen molar-refractivity contribution in [2.75, 3.05) is 18.8 Å². The normalized spacial score (nSPS) is 13.7. The first-order valence-corrected chi connectivity index (χ1v) is 7.92. The van der Waals surface area contributed by atoms with Crippen LogP contribution in [0, 0.1) is 0 Å². The van der Waals surface area contributed by atoms with E-state index in [4.69, 9.17) is 4.42 Å². The fraction of sp³-hybridized carbons (Fsp3) is 0.667. The van der Waals surface area contributed by atoms with E-state index in [-0.39, 0.29) is 11.8 Å². The summed E-state index contributed by atoms with van der Waals surface area (Å²) in [5.74, 6) is 0.945. The van der Waals surface area contributed by atoms with Crippen LogP contribution in [0.3, 0.4) is 0 Å². The molecular formula is C12H22N2O3S. The summed E-state index contributed by atoms with van der Waals surface area (Å²) in [5, 5.41) is 3.10. The van der Waals surface area contributed by atoms with Gasteiger partial charge in [0.1, 0.15) is 5.76 Å². The zero-order chi connectivity index (χ0) is 13.4. The molecule has 1 rings (SSSR count). The van der Waals surface area contributed by atoms with E-state index in [2.05, 4.69) is 10.0 Å². The van der Waals surface area contributed by atoms with Crippen LogP contribution >= 0.6 is 0 Å². The molecule has 0 aliphatic rings. The largest absolute Gasteiger partial charge is 0.469 e. The van der Waals surface area contributed by atoms with Crippen LogP contribution in [-0.2, 0) is 16.4 Å². The lowest BCUT2D eigenvalue weighted by Crippen LogP contribution is -2.36. The Kier molecular flexibility index (Phi) is 6.38. The molecule has 0 aliphatic carbocycles. The average molecular weight is 274 g/mol. The Hall–Kier alpha value is -0.850. The molecule has 2 N–H and O–H groups in total. The summed E-state index contributed by atoms with van der Waals surface area (Å²) >= 11 is 0. The van der Waals surface area contributed by atoms with Crippen LogP contribution in [0.1, 0.15) is 26.0 Å². The van der Waals surface area contributed by atoms with E-state index in [0.717, 1.165) is 18.8 Å². The highest BCUT2D eigenvalue weighted by Crippen LogP contribution is 2.05. The lowest BCUT2D eigenvalue weighted by atomic mass is 10.2. The predicted molar refractivity (Wildman–Crippen MR) is 72.0 cm³/mol. The number of hydrogen-bond acceptors (Lipinski definition) is 4. The fourth-order valence-corrected chi connectivity index (χ4v) is 3.04. The SMILES string of the molecule is CCNCCCS(=O)(=O)NC(C)Cc1ccco1. The average Bonchev–Trinajstić information content (AvgIpc) is 2.76. The van der Waals surface area contributed by atoms with Gasteiger partial charge in [-0.15, -0.1) is 0 Å². The fourth-order valence-electron chi connectivity index (χ4n) is 1.70. The van der Waals surface area contributed by atoms with Gasteiger partial charge in [0.2, 0.25) is 10.0 Å². The summed E-state index contributed by atoms with van der Waals surface area (Å²) in [5.41, 5.74) is 0. The molecular weight excluding hydrogens is 252 g/mol. The Bertz CT molecular complexity index is 415. The molecule has 0 amide bonds. The van der Waals surface area contributed by atoms with Crippen LogP contribution in [0.5, 0.6) is 0 Å². The van der Waals surface area contributed by atoms with Crippen LogP contribution in [0.15, 0.2) is 22.8 Å². The van der Waals surface area contributed by atoms with Gasteiger partial charge in [0, 0.05) is 12.5 Å². The molecule has 104 valence electrons. The maximum Gasteiger partial charge on any atom is 0.211 e. The first kappa shape index (κ1) is 15.2. The van der Waals surface area contributed by atoms with Crippen molar-refractivity contribution in [1.82, 2.24) is 10.0 Å². The molecule has 1 atom stereocenters. The topological polar surface area (TPSA) is 71.3 Å². The maximum absolute atomic E-state index is 11.8. The van der Waals surface area contributed by atoms with Crippen molar-refractivity contribution in [3.8, 4) is 0 Å². The number of nitrogens with one attached hydrogen (secondary N) is 2. The minimum absolute atomic E-state index is 0.153. The number of sulfonamides is 1. The van der Waals surface area contributed by atoms with Crippen molar-refractivity contribution >= 4 is 10.0 Å². The summed E-state index contributed by atoms with van der Waals surface area (Å²) < 4.78 is 31.4. The van der Waals surface area contributed by atoms with Gasteiger partial charge >= 0.3 is 0 Å². The van der Waals surface area contributed by atoms with E-state index >= 15 is 0 Å². The molecule has 0 saturated carbocycles. The minimum Gasteiger partial charge on any atom is -0.469 e. The lowest BCUT2D eigenvalue weighted by Gasteiger charge is -2.13. The van der Waals surface area contributed by atoms with Gasteiger partial charge in [-0.3, -0.25) is 0 Å². The van der Waals surface area contributed by atoms with Gasteiger partial charge in [-0.2, -0.15) is 0 Å². The molecule has 1 aromatic rings. The van der Waals surface area contributed by atoms with Gasteiger partial charge in [0.25, 0.3) is 0 Å². The highest BCUT2D eigenvalue weighted by molar-refractivity contribution is 7.89. The molecule has 1 heterocycles. The quantitative estimate of drug-likeness (QED) is 0.662. The Labute approximate surface area is 109 Å². The molecule has 0 saturated heterocycles. The molecule has 1 unspecified atom stereocenters. The Morgan fingerprint density at radius 3 is 2.83 bits per heavy atom. The van der Waals surface area contributed by atoms with E-state index in [0.29, 0.717) is 12.8 Å². The summed E-state index contributed by atoms with van der Waals surface area (Å²) in [6.07, 6.45) is 2.78. The first-order valence-electron chi connectivity index (χ1n) is 6.26. The van der Waals surface area contributed by atoms with Gasteiger partial charge in [0.05, 0.1) is 12.0 Å². The summed E-state index contributed by atoms with van der Waals surface area (Å²) in [6, 6.07) is 3.49. The molecule has 5 nitrogen and oxygen atoms in total. The smallest absolute Gasteiger partial charge is 0.211 e. The summed E-state index contributed by atoms with van der Waals surface area (Å²) in [4.78, 5) is 0. The maximum atomic E-state index is 11.8. The molecule has 0 aromatic carbocycles. The minimum atomic E-state index is -3.20. The predicted octanol–water partition coefficient (Wildman–Crippen LogP) is 1.13. The Balaban J connectivity index is 2.30. The van der Waals surface area contributed by atoms with E-state index in [9.17, 15) is 8.42 Å². The van der Waals surface area contributed by atoms with E-state index in [1.165, 1.54) is 0 Å². The van der Waals surface area contributed by atoms with Crippen molar-refractivity contribution in [1.29, 1.82) is 0 Å². The highest BCUT2D eigenvalue weighted by atomic mass is 32.2. The van der Waals surface area contributed by atoms with E-state index in [1.807, 2.05) is 19.9 Å². The lowest BCUT2D eigenvalue weighted by molar-refractivity contribution is 0.478. The Morgan fingerprint density at radius 2 is 2.22 bits per heavy atom. The van der Waals surface area contributed by atoms with Crippen molar-refractivity contribution in [2.45, 2.75) is 32.7 Å². The summed E-state index contributed by atoms with van der Waals surface area (Å²) in [7, 11) is -3.20. The Morgan fingerprint density at radius 1 is 1.44 bits per heavy atom. The molecule has 0 fully saturated rings. The van der Waals surface area contributed by atoms with Crippen molar-refractivity contribution in [3.63, 3.8) is 0 Å². The highest BCUT2D eigenvalue weighted by Gasteiger charge is 2.15. The van der Waals surface area contributed by atoms with Gasteiger partial charge in [-0.05, 0) is 38.6 Å². The van der Waals surface area contributed by atoms with Crippen LogP contribution in [-0.4, -0.2) is 33.3 Å². The molecule has 1 aromatic heterocycles. The molecule has 0 aliphatic heterocycles. The standard InChI is InChI=1S/C12H22N2O3S/c1-3-13-7-5-9-18(15,16)14-11(2)10-12-6-4-8-17-12/h4,6,8,11,13-14H,3,5,7,9-10H2,1-2H3. The molecule has 18 heavy (non-hydrogen) atoms. The number of rotatable bonds is 9. The number of furan rings is 1. The van der Waals surface area contributed by atoms with Crippen LogP contribution < -0.4 is 10.0 Å². The van der Waals surface area contributed by atoms with E-state index < -0.39 is 10.0 Å². The first-order chi connectivity index (χ1) is 8.53. The monoisotopic (exact) mass is 274 g/mol. The molecule has 0 radical (unpaired) electrons. The second kappa shape index (κ2) is 7.56.